The molecule has 6 nitrogen and oxygen atoms in total. The summed E-state index contributed by atoms with van der Waals surface area (Å²) in [5, 5.41) is 0.383. The number of rotatable bonds is 2. The second kappa shape index (κ2) is 5.80. The number of nitrogens with zero attached hydrogens (tertiary/aromatic N) is 5. The van der Waals surface area contributed by atoms with Crippen molar-refractivity contribution in [2.24, 2.45) is 0 Å². The van der Waals surface area contributed by atoms with E-state index in [4.69, 9.17) is 22.6 Å². The van der Waals surface area contributed by atoms with Gasteiger partial charge in [0.15, 0.2) is 11.7 Å². The van der Waals surface area contributed by atoms with Gasteiger partial charge < -0.3 is 9.32 Å². The molecule has 0 bridgehead atoms. The number of piperidine rings is 1. The quantitative estimate of drug-likeness (QED) is 0.852. The maximum Gasteiger partial charge on any atom is 0.530 e. The van der Waals surface area contributed by atoms with Gasteiger partial charge in [0.2, 0.25) is 5.69 Å². The minimum absolute atomic E-state index is 0.159. The maximum atomic E-state index is 6.10. The lowest BCUT2D eigenvalue weighted by Gasteiger charge is -2.26. The predicted octanol–water partition coefficient (Wildman–Crippen LogP) is 3.19. The molecule has 0 aromatic carbocycles. The van der Waals surface area contributed by atoms with Crippen LogP contribution in [0.5, 0.6) is 0 Å². The van der Waals surface area contributed by atoms with Crippen molar-refractivity contribution in [2.75, 3.05) is 20.1 Å². The van der Waals surface area contributed by atoms with Gasteiger partial charge in [-0.15, -0.1) is 0 Å². The van der Waals surface area contributed by atoms with Crippen LogP contribution in [0.2, 0.25) is 5.02 Å². The van der Waals surface area contributed by atoms with Crippen LogP contribution in [-0.4, -0.2) is 40.0 Å². The van der Waals surface area contributed by atoms with Gasteiger partial charge in [0, 0.05) is 5.92 Å². The smallest absolute Gasteiger partial charge is 0.437 e. The molecule has 1 aliphatic heterocycles. The standard InChI is InChI=1S/C14H15ClN5O/c1-16-14-18-7-10(15)12(19-14)11-8-17-13(21-11)9-3-5-20(2)6-4-9/h1,7-9H,3-6H2,2H3/q+1. The lowest BCUT2D eigenvalue weighted by Crippen LogP contribution is -2.29. The highest BCUT2D eigenvalue weighted by molar-refractivity contribution is 6.32. The molecule has 0 aliphatic carbocycles. The molecule has 0 amide bonds. The Hall–Kier alpha value is -1.97. The van der Waals surface area contributed by atoms with Crippen LogP contribution in [0.25, 0.3) is 16.3 Å². The lowest BCUT2D eigenvalue weighted by atomic mass is 9.97. The Labute approximate surface area is 127 Å². The molecule has 2 aromatic heterocycles. The van der Waals surface area contributed by atoms with Crippen LogP contribution < -0.4 is 0 Å². The second-order valence-electron chi connectivity index (χ2n) is 5.14. The Morgan fingerprint density at radius 2 is 2.10 bits per heavy atom. The largest absolute Gasteiger partial charge is 0.530 e. The fourth-order valence-corrected chi connectivity index (χ4v) is 2.62. The molecule has 0 saturated carbocycles. The van der Waals surface area contributed by atoms with Crippen molar-refractivity contribution < 1.29 is 4.42 Å². The average molecular weight is 305 g/mol. The second-order valence-corrected chi connectivity index (χ2v) is 5.54. The zero-order valence-corrected chi connectivity index (χ0v) is 12.4. The van der Waals surface area contributed by atoms with Gasteiger partial charge in [-0.2, -0.15) is 4.85 Å². The fraction of sp³-hybridized carbons (Fsp3) is 0.429. The fourth-order valence-electron chi connectivity index (χ4n) is 2.43. The zero-order chi connectivity index (χ0) is 14.8. The molecule has 0 spiro atoms. The Morgan fingerprint density at radius 3 is 2.81 bits per heavy atom. The Morgan fingerprint density at radius 1 is 1.33 bits per heavy atom. The first-order valence-corrected chi connectivity index (χ1v) is 7.13. The van der Waals surface area contributed by atoms with E-state index in [9.17, 15) is 0 Å². The van der Waals surface area contributed by atoms with E-state index in [-0.39, 0.29) is 5.95 Å². The number of likely N-dealkylation sites (tertiary alicyclic amines) is 1. The van der Waals surface area contributed by atoms with Crippen molar-refractivity contribution in [3.63, 3.8) is 0 Å². The highest BCUT2D eigenvalue weighted by Crippen LogP contribution is 2.32. The minimum Gasteiger partial charge on any atom is -0.437 e. The van der Waals surface area contributed by atoms with Crippen molar-refractivity contribution in [3.05, 3.63) is 28.2 Å². The lowest BCUT2D eigenvalue weighted by molar-refractivity contribution is 0.238. The molecule has 1 aliphatic rings. The van der Waals surface area contributed by atoms with Crippen LogP contribution in [0.3, 0.4) is 0 Å². The summed E-state index contributed by atoms with van der Waals surface area (Å²) in [6.07, 6.45) is 5.17. The van der Waals surface area contributed by atoms with Crippen LogP contribution in [0.15, 0.2) is 16.8 Å². The predicted molar refractivity (Wildman–Crippen MR) is 80.0 cm³/mol. The van der Waals surface area contributed by atoms with Gasteiger partial charge in [-0.3, -0.25) is 0 Å². The summed E-state index contributed by atoms with van der Waals surface area (Å²) in [5.41, 5.74) is 0.461. The first-order chi connectivity index (χ1) is 10.2. The van der Waals surface area contributed by atoms with Gasteiger partial charge in [0.1, 0.15) is 17.8 Å². The van der Waals surface area contributed by atoms with Crippen molar-refractivity contribution >= 4 is 17.5 Å². The number of aromatic nitrogens is 3. The normalized spacial score (nSPS) is 16.8. The number of oxazole rings is 1. The molecular weight excluding hydrogens is 290 g/mol. The first kappa shape index (κ1) is 14.0. The van der Waals surface area contributed by atoms with Gasteiger partial charge in [-0.1, -0.05) is 16.6 Å². The van der Waals surface area contributed by atoms with Crippen LogP contribution in [0.1, 0.15) is 24.7 Å². The third-order valence-corrected chi connectivity index (χ3v) is 3.95. The van der Waals surface area contributed by atoms with Crippen LogP contribution >= 0.6 is 11.6 Å². The van der Waals surface area contributed by atoms with E-state index < -0.39 is 0 Å². The number of hydrogen-bond donors (Lipinski definition) is 0. The molecule has 108 valence electrons. The van der Waals surface area contributed by atoms with Crippen LogP contribution in [-0.2, 0) is 0 Å². The van der Waals surface area contributed by atoms with Crippen molar-refractivity contribution in [2.45, 2.75) is 18.8 Å². The maximum absolute atomic E-state index is 6.10. The third kappa shape index (κ3) is 2.89. The number of hydrogen-bond acceptors (Lipinski definition) is 5. The summed E-state index contributed by atoms with van der Waals surface area (Å²) in [7, 11) is 2.12. The minimum atomic E-state index is 0.159. The Bertz CT molecular complexity index is 685. The molecule has 1 fully saturated rings. The molecule has 21 heavy (non-hydrogen) atoms. The summed E-state index contributed by atoms with van der Waals surface area (Å²) in [6.45, 7) is 7.28. The van der Waals surface area contributed by atoms with Gasteiger partial charge in [0.25, 0.3) is 0 Å². The van der Waals surface area contributed by atoms with Gasteiger partial charge in [-0.05, 0) is 38.0 Å². The molecular formula is C14H15ClN5O+. The van der Waals surface area contributed by atoms with E-state index in [0.717, 1.165) is 31.8 Å². The summed E-state index contributed by atoms with van der Waals surface area (Å²) < 4.78 is 5.84. The molecule has 1 saturated heterocycles. The molecule has 3 rings (SSSR count). The van der Waals surface area contributed by atoms with Crippen molar-refractivity contribution in [1.82, 2.24) is 19.9 Å². The molecule has 0 radical (unpaired) electrons. The van der Waals surface area contributed by atoms with E-state index >= 15 is 0 Å². The third-order valence-electron chi connectivity index (χ3n) is 3.67. The SMILES string of the molecule is C#[N+]c1ncc(Cl)c(-c2cnc(C3CCN(C)CC3)o2)n1. The van der Waals surface area contributed by atoms with Gasteiger partial charge in [-0.25, -0.2) is 4.98 Å². The average Bonchev–Trinajstić information content (AvgIpc) is 2.98. The summed E-state index contributed by atoms with van der Waals surface area (Å²) in [5.74, 6) is 1.75. The van der Waals surface area contributed by atoms with Crippen molar-refractivity contribution in [1.29, 1.82) is 0 Å². The van der Waals surface area contributed by atoms with Gasteiger partial charge >= 0.3 is 5.95 Å². The molecule has 7 heteroatoms. The summed E-state index contributed by atoms with van der Waals surface area (Å²) in [4.78, 5) is 18.2. The zero-order valence-electron chi connectivity index (χ0n) is 11.7. The topological polar surface area (TPSA) is 59.4 Å². The highest BCUT2D eigenvalue weighted by Gasteiger charge is 2.25. The molecule has 0 atom stereocenters. The van der Waals surface area contributed by atoms with E-state index in [1.54, 1.807) is 6.20 Å². The summed E-state index contributed by atoms with van der Waals surface area (Å²) >= 11 is 6.10. The monoisotopic (exact) mass is 304 g/mol. The van der Waals surface area contributed by atoms with Gasteiger partial charge in [0.05, 0.1) is 6.20 Å². The summed E-state index contributed by atoms with van der Waals surface area (Å²) in [6, 6.07) is 0. The highest BCUT2D eigenvalue weighted by atomic mass is 35.5. The van der Waals surface area contributed by atoms with E-state index in [1.807, 2.05) is 0 Å². The molecule has 3 heterocycles. The number of halogens is 1. The first-order valence-electron chi connectivity index (χ1n) is 6.75. The Balaban J connectivity index is 1.87. The molecule has 2 aromatic rings. The molecule has 0 N–H and O–H groups in total. The van der Waals surface area contributed by atoms with E-state index in [2.05, 4.69) is 31.7 Å². The van der Waals surface area contributed by atoms with E-state index in [1.165, 1.54) is 6.20 Å². The molecule has 0 unspecified atom stereocenters. The van der Waals surface area contributed by atoms with Crippen molar-refractivity contribution in [3.8, 4) is 18.0 Å². The Kier molecular flexibility index (Phi) is 3.86. The van der Waals surface area contributed by atoms with E-state index in [0.29, 0.717) is 22.4 Å². The van der Waals surface area contributed by atoms with Crippen LogP contribution in [0.4, 0.5) is 5.95 Å². The van der Waals surface area contributed by atoms with Crippen LogP contribution in [0, 0.1) is 6.57 Å².